The third-order valence-corrected chi connectivity index (χ3v) is 3.70. The maximum atomic E-state index is 13.5. The van der Waals surface area contributed by atoms with Gasteiger partial charge in [0, 0.05) is 5.69 Å². The van der Waals surface area contributed by atoms with Gasteiger partial charge >= 0.3 is 5.97 Å². The van der Waals surface area contributed by atoms with E-state index in [1.807, 2.05) is 23.5 Å². The van der Waals surface area contributed by atoms with Gasteiger partial charge in [-0.15, -0.1) is 0 Å². The Morgan fingerprint density at radius 3 is 2.23 bits per heavy atom. The molecule has 0 aromatic heterocycles. The summed E-state index contributed by atoms with van der Waals surface area (Å²) in [7, 11) is 0. The summed E-state index contributed by atoms with van der Waals surface area (Å²) in [5.41, 5.74) is 5.57. The van der Waals surface area contributed by atoms with Crippen LogP contribution in [0.1, 0.15) is 10.4 Å². The maximum Gasteiger partial charge on any atom is 0.340 e. The molecule has 0 aliphatic heterocycles. The average molecular weight is 356 g/mol. The lowest BCUT2D eigenvalue weighted by atomic mass is 10.1. The van der Waals surface area contributed by atoms with Crippen LogP contribution in [0.25, 0.3) is 10.8 Å². The average Bonchev–Trinajstić information content (AvgIpc) is 2.62. The molecule has 1 amide bonds. The summed E-state index contributed by atoms with van der Waals surface area (Å²) in [6.07, 6.45) is 0. The molecule has 0 aliphatic carbocycles. The van der Waals surface area contributed by atoms with Crippen LogP contribution < -0.4 is 11.1 Å². The molecule has 0 fully saturated rings. The highest BCUT2D eigenvalue weighted by molar-refractivity contribution is 6.02. The van der Waals surface area contributed by atoms with E-state index in [1.54, 1.807) is 18.2 Å². The first-order valence-electron chi connectivity index (χ1n) is 7.65. The minimum atomic E-state index is -0.927. The number of esters is 1. The third-order valence-electron chi connectivity index (χ3n) is 3.70. The molecule has 0 atom stereocenters. The van der Waals surface area contributed by atoms with Crippen LogP contribution in [0.3, 0.4) is 0 Å². The lowest BCUT2D eigenvalue weighted by Gasteiger charge is -2.10. The van der Waals surface area contributed by atoms with Crippen LogP contribution >= 0.6 is 0 Å². The number of fused-ring (bicyclic) bond motifs is 1. The van der Waals surface area contributed by atoms with Crippen molar-refractivity contribution in [1.29, 1.82) is 0 Å². The highest BCUT2D eigenvalue weighted by Crippen LogP contribution is 2.23. The molecule has 3 rings (SSSR count). The van der Waals surface area contributed by atoms with Crippen LogP contribution in [0.4, 0.5) is 20.2 Å². The Bertz CT molecular complexity index is 985. The number of hydrogen-bond acceptors (Lipinski definition) is 4. The van der Waals surface area contributed by atoms with Crippen molar-refractivity contribution < 1.29 is 23.1 Å². The summed E-state index contributed by atoms with van der Waals surface area (Å²) in [6, 6.07) is 13.7. The van der Waals surface area contributed by atoms with Gasteiger partial charge in [0.15, 0.2) is 6.61 Å². The summed E-state index contributed by atoms with van der Waals surface area (Å²) in [5, 5.41) is 3.67. The van der Waals surface area contributed by atoms with E-state index >= 15 is 0 Å². The number of ether oxygens (including phenoxy) is 1. The summed E-state index contributed by atoms with van der Waals surface area (Å²) in [5.74, 6) is -3.54. The van der Waals surface area contributed by atoms with Crippen LogP contribution in [0.5, 0.6) is 0 Å². The number of halogens is 2. The molecule has 3 aromatic rings. The summed E-state index contributed by atoms with van der Waals surface area (Å²) < 4.78 is 31.9. The third kappa shape index (κ3) is 3.61. The molecule has 0 unspecified atom stereocenters. The molecule has 3 N–H and O–H groups in total. The van der Waals surface area contributed by atoms with Crippen LogP contribution in [-0.2, 0) is 9.53 Å². The van der Waals surface area contributed by atoms with Gasteiger partial charge in [0.2, 0.25) is 0 Å². The number of rotatable bonds is 4. The quantitative estimate of drug-likeness (QED) is 0.554. The molecule has 7 heteroatoms. The van der Waals surface area contributed by atoms with Gasteiger partial charge in [-0.3, -0.25) is 4.79 Å². The molecule has 0 heterocycles. The summed E-state index contributed by atoms with van der Waals surface area (Å²) in [4.78, 5) is 24.0. The van der Waals surface area contributed by atoms with Gasteiger partial charge in [0.1, 0.15) is 17.3 Å². The first kappa shape index (κ1) is 17.3. The van der Waals surface area contributed by atoms with Gasteiger partial charge in [-0.05, 0) is 35.0 Å². The van der Waals surface area contributed by atoms with Crippen molar-refractivity contribution in [1.82, 2.24) is 0 Å². The molecule has 0 bridgehead atoms. The summed E-state index contributed by atoms with van der Waals surface area (Å²) in [6.45, 7) is -0.709. The van der Waals surface area contributed by atoms with E-state index in [4.69, 9.17) is 10.5 Å². The number of nitrogens with two attached hydrogens (primary N) is 1. The Morgan fingerprint density at radius 1 is 0.962 bits per heavy atom. The Hall–Kier alpha value is -3.48. The first-order valence-corrected chi connectivity index (χ1v) is 7.65. The van der Waals surface area contributed by atoms with Crippen molar-refractivity contribution in [3.05, 3.63) is 71.8 Å². The minimum Gasteiger partial charge on any atom is -0.452 e. The van der Waals surface area contributed by atoms with Crippen molar-refractivity contribution in [3.63, 3.8) is 0 Å². The number of carbonyl (C=O) groups is 2. The van der Waals surface area contributed by atoms with Crippen molar-refractivity contribution in [2.24, 2.45) is 0 Å². The smallest absolute Gasteiger partial charge is 0.340 e. The molecule has 0 aliphatic rings. The predicted molar refractivity (Wildman–Crippen MR) is 93.6 cm³/mol. The number of nitrogens with one attached hydrogen (secondary N) is 1. The Balaban J connectivity index is 1.69. The fourth-order valence-corrected chi connectivity index (χ4v) is 2.44. The number of anilines is 2. The molecular weight excluding hydrogens is 342 g/mol. The first-order chi connectivity index (χ1) is 12.5. The number of para-hydroxylation sites is 1. The zero-order valence-corrected chi connectivity index (χ0v) is 13.5. The van der Waals surface area contributed by atoms with Crippen molar-refractivity contribution in [3.8, 4) is 0 Å². The normalized spacial score (nSPS) is 10.5. The molecule has 5 nitrogen and oxygen atoms in total. The Labute approximate surface area is 147 Å². The van der Waals surface area contributed by atoms with Gasteiger partial charge in [-0.25, -0.2) is 13.6 Å². The fraction of sp³-hybridized carbons (Fsp3) is 0.0526. The SMILES string of the molecule is Nc1cc2ccccc2cc1C(=O)OCC(=O)Nc1c(F)cccc1F. The molecule has 3 aromatic carbocycles. The lowest BCUT2D eigenvalue weighted by Crippen LogP contribution is -2.22. The van der Waals surface area contributed by atoms with E-state index in [0.29, 0.717) is 0 Å². The largest absolute Gasteiger partial charge is 0.452 e. The predicted octanol–water partition coefficient (Wildman–Crippen LogP) is 3.50. The Morgan fingerprint density at radius 2 is 1.58 bits per heavy atom. The molecule has 0 spiro atoms. The second-order valence-corrected chi connectivity index (χ2v) is 5.51. The van der Waals surface area contributed by atoms with E-state index in [0.717, 1.165) is 22.9 Å². The number of hydrogen-bond donors (Lipinski definition) is 2. The minimum absolute atomic E-state index is 0.105. The topological polar surface area (TPSA) is 81.4 Å². The second kappa shape index (κ2) is 7.18. The Kier molecular flexibility index (Phi) is 4.79. The highest BCUT2D eigenvalue weighted by atomic mass is 19.1. The van der Waals surface area contributed by atoms with E-state index in [9.17, 15) is 18.4 Å². The van der Waals surface area contributed by atoms with Crippen LogP contribution in [0.15, 0.2) is 54.6 Å². The van der Waals surface area contributed by atoms with Gasteiger partial charge in [0.05, 0.1) is 5.56 Å². The van der Waals surface area contributed by atoms with Gasteiger partial charge in [0.25, 0.3) is 5.91 Å². The lowest BCUT2D eigenvalue weighted by molar-refractivity contribution is -0.119. The van der Waals surface area contributed by atoms with E-state index in [2.05, 4.69) is 0 Å². The fourth-order valence-electron chi connectivity index (χ4n) is 2.44. The summed E-state index contributed by atoms with van der Waals surface area (Å²) >= 11 is 0. The molecule has 26 heavy (non-hydrogen) atoms. The van der Waals surface area contributed by atoms with Gasteiger partial charge < -0.3 is 15.8 Å². The molecule has 0 saturated heterocycles. The maximum absolute atomic E-state index is 13.5. The molecule has 0 saturated carbocycles. The van der Waals surface area contributed by atoms with Crippen molar-refractivity contribution in [2.45, 2.75) is 0 Å². The molecule has 0 radical (unpaired) electrons. The van der Waals surface area contributed by atoms with E-state index in [-0.39, 0.29) is 11.3 Å². The van der Waals surface area contributed by atoms with Gasteiger partial charge in [-0.2, -0.15) is 0 Å². The van der Waals surface area contributed by atoms with E-state index in [1.165, 1.54) is 6.07 Å². The zero-order chi connectivity index (χ0) is 18.7. The van der Waals surface area contributed by atoms with Crippen LogP contribution in [0.2, 0.25) is 0 Å². The number of carbonyl (C=O) groups excluding carboxylic acids is 2. The molecule has 132 valence electrons. The number of amides is 1. The van der Waals surface area contributed by atoms with E-state index < -0.39 is 35.8 Å². The number of benzene rings is 3. The van der Waals surface area contributed by atoms with Crippen LogP contribution in [0, 0.1) is 11.6 Å². The van der Waals surface area contributed by atoms with Crippen LogP contribution in [-0.4, -0.2) is 18.5 Å². The van der Waals surface area contributed by atoms with Gasteiger partial charge in [-0.1, -0.05) is 30.3 Å². The van der Waals surface area contributed by atoms with Crippen molar-refractivity contribution >= 4 is 34.0 Å². The highest BCUT2D eigenvalue weighted by Gasteiger charge is 2.16. The zero-order valence-electron chi connectivity index (χ0n) is 13.5. The standard InChI is InChI=1S/C19H14F2N2O3/c20-14-6-3-7-15(21)18(14)23-17(24)10-26-19(25)13-8-11-4-1-2-5-12(11)9-16(13)22/h1-9H,10,22H2,(H,23,24). The second-order valence-electron chi connectivity index (χ2n) is 5.51. The number of nitrogen functional groups attached to an aromatic ring is 1. The monoisotopic (exact) mass is 356 g/mol. The van der Waals surface area contributed by atoms with Crippen molar-refractivity contribution in [2.75, 3.05) is 17.7 Å². The molecular formula is C19H14F2N2O3.